The molecule has 1 aliphatic rings. The second-order valence-electron chi connectivity index (χ2n) is 5.11. The number of anilines is 1. The van der Waals surface area contributed by atoms with Gasteiger partial charge in [0.05, 0.1) is 17.0 Å². The van der Waals surface area contributed by atoms with Crippen LogP contribution < -0.4 is 5.01 Å². The summed E-state index contributed by atoms with van der Waals surface area (Å²) in [6.45, 7) is 3.90. The number of carbonyl (C=O) groups excluding carboxylic acids is 1. The number of nitrogens with zero attached hydrogens (tertiary/aromatic N) is 2. The highest BCUT2D eigenvalue weighted by Gasteiger charge is 2.28. The maximum atomic E-state index is 12.5. The molecule has 0 unspecified atom stereocenters. The molecular weight excluding hydrogens is 260 g/mol. The highest BCUT2D eigenvalue weighted by molar-refractivity contribution is 6.32. The summed E-state index contributed by atoms with van der Waals surface area (Å²) in [7, 11) is 0. The molecular formula is C18H16N2O. The maximum absolute atomic E-state index is 12.5. The van der Waals surface area contributed by atoms with E-state index in [4.69, 9.17) is 0 Å². The van der Waals surface area contributed by atoms with Gasteiger partial charge in [-0.2, -0.15) is 10.1 Å². The molecule has 0 atom stereocenters. The van der Waals surface area contributed by atoms with Crippen LogP contribution in [0.3, 0.4) is 0 Å². The standard InChI is InChI=1S/C18H16N2O/c1-13-7-6-8-15(11-13)12-17-14(2)19-20(18(17)21)16-9-4-3-5-10-16/h3-12H,1-2H3/b17-12+. The molecule has 0 bridgehead atoms. The fraction of sp³-hybridized carbons (Fsp3) is 0.111. The van der Waals surface area contributed by atoms with Crippen LogP contribution in [0.5, 0.6) is 0 Å². The van der Waals surface area contributed by atoms with Crippen molar-refractivity contribution in [2.45, 2.75) is 13.8 Å². The summed E-state index contributed by atoms with van der Waals surface area (Å²) in [5.74, 6) is -0.0831. The van der Waals surface area contributed by atoms with Crippen LogP contribution in [0.1, 0.15) is 18.1 Å². The van der Waals surface area contributed by atoms with Gasteiger partial charge in [0.2, 0.25) is 0 Å². The van der Waals surface area contributed by atoms with Gasteiger partial charge in [0, 0.05) is 0 Å². The third-order valence-electron chi connectivity index (χ3n) is 3.42. The first-order valence-corrected chi connectivity index (χ1v) is 6.88. The average Bonchev–Trinajstić information content (AvgIpc) is 2.76. The lowest BCUT2D eigenvalue weighted by Gasteiger charge is -2.11. The quantitative estimate of drug-likeness (QED) is 0.768. The molecule has 2 aromatic carbocycles. The lowest BCUT2D eigenvalue weighted by atomic mass is 10.1. The van der Waals surface area contributed by atoms with Crippen molar-refractivity contribution in [1.29, 1.82) is 0 Å². The topological polar surface area (TPSA) is 32.7 Å². The van der Waals surface area contributed by atoms with E-state index >= 15 is 0 Å². The molecule has 0 radical (unpaired) electrons. The van der Waals surface area contributed by atoms with Crippen molar-refractivity contribution in [3.8, 4) is 0 Å². The number of benzene rings is 2. The van der Waals surface area contributed by atoms with Gasteiger partial charge in [0.15, 0.2) is 0 Å². The lowest BCUT2D eigenvalue weighted by molar-refractivity contribution is -0.114. The van der Waals surface area contributed by atoms with Gasteiger partial charge in [-0.1, -0.05) is 48.0 Å². The van der Waals surface area contributed by atoms with Crippen molar-refractivity contribution in [2.24, 2.45) is 5.10 Å². The zero-order chi connectivity index (χ0) is 14.8. The molecule has 1 amide bonds. The normalized spacial score (nSPS) is 16.5. The van der Waals surface area contributed by atoms with Crippen LogP contribution in [0, 0.1) is 6.92 Å². The van der Waals surface area contributed by atoms with Gasteiger partial charge in [0.1, 0.15) is 0 Å². The Morgan fingerprint density at radius 3 is 2.48 bits per heavy atom. The minimum absolute atomic E-state index is 0.0831. The minimum atomic E-state index is -0.0831. The van der Waals surface area contributed by atoms with Gasteiger partial charge in [-0.15, -0.1) is 0 Å². The van der Waals surface area contributed by atoms with Crippen LogP contribution in [-0.4, -0.2) is 11.6 Å². The molecule has 0 fully saturated rings. The number of carbonyl (C=O) groups is 1. The van der Waals surface area contributed by atoms with Gasteiger partial charge in [0.25, 0.3) is 5.91 Å². The second-order valence-corrected chi connectivity index (χ2v) is 5.11. The van der Waals surface area contributed by atoms with Crippen LogP contribution in [0.2, 0.25) is 0 Å². The number of hydrazone groups is 1. The molecule has 3 rings (SSSR count). The van der Waals surface area contributed by atoms with E-state index in [1.807, 2.05) is 68.5 Å². The van der Waals surface area contributed by atoms with E-state index in [0.29, 0.717) is 5.57 Å². The first-order chi connectivity index (χ1) is 10.1. The molecule has 1 heterocycles. The number of rotatable bonds is 2. The predicted octanol–water partition coefficient (Wildman–Crippen LogP) is 3.80. The van der Waals surface area contributed by atoms with E-state index in [9.17, 15) is 4.79 Å². The van der Waals surface area contributed by atoms with E-state index in [2.05, 4.69) is 11.2 Å². The maximum Gasteiger partial charge on any atom is 0.280 e. The first-order valence-electron chi connectivity index (χ1n) is 6.88. The Morgan fingerprint density at radius 2 is 1.76 bits per heavy atom. The third kappa shape index (κ3) is 2.63. The van der Waals surface area contributed by atoms with E-state index in [0.717, 1.165) is 17.0 Å². The van der Waals surface area contributed by atoms with E-state index < -0.39 is 0 Å². The average molecular weight is 276 g/mol. The number of aryl methyl sites for hydroxylation is 1. The molecule has 0 saturated heterocycles. The van der Waals surface area contributed by atoms with Gasteiger partial charge in [-0.05, 0) is 37.6 Å². The summed E-state index contributed by atoms with van der Waals surface area (Å²) in [6, 6.07) is 17.5. The fourth-order valence-electron chi connectivity index (χ4n) is 2.36. The molecule has 0 aliphatic carbocycles. The molecule has 0 saturated carbocycles. The Balaban J connectivity index is 1.96. The molecule has 0 aromatic heterocycles. The predicted molar refractivity (Wildman–Crippen MR) is 86.2 cm³/mol. The molecule has 3 nitrogen and oxygen atoms in total. The van der Waals surface area contributed by atoms with Gasteiger partial charge in [-0.3, -0.25) is 4.79 Å². The van der Waals surface area contributed by atoms with Crippen LogP contribution in [-0.2, 0) is 4.79 Å². The van der Waals surface area contributed by atoms with E-state index in [1.165, 1.54) is 10.6 Å². The Morgan fingerprint density at radius 1 is 1.00 bits per heavy atom. The lowest BCUT2D eigenvalue weighted by Crippen LogP contribution is -2.21. The molecule has 3 heteroatoms. The van der Waals surface area contributed by atoms with Crippen LogP contribution in [0.15, 0.2) is 65.3 Å². The number of hydrogen-bond acceptors (Lipinski definition) is 2. The van der Waals surface area contributed by atoms with E-state index in [-0.39, 0.29) is 5.91 Å². The molecule has 1 aliphatic heterocycles. The summed E-state index contributed by atoms with van der Waals surface area (Å²) in [6.07, 6.45) is 1.90. The molecule has 0 spiro atoms. The first kappa shape index (κ1) is 13.3. The van der Waals surface area contributed by atoms with Crippen LogP contribution in [0.4, 0.5) is 5.69 Å². The van der Waals surface area contributed by atoms with Crippen molar-refractivity contribution in [1.82, 2.24) is 0 Å². The summed E-state index contributed by atoms with van der Waals surface area (Å²) >= 11 is 0. The Bertz CT molecular complexity index is 745. The molecule has 0 N–H and O–H groups in total. The number of amides is 1. The van der Waals surface area contributed by atoms with Crippen LogP contribution in [0.25, 0.3) is 6.08 Å². The SMILES string of the molecule is CC1=NN(c2ccccc2)C(=O)/C1=C/c1cccc(C)c1. The highest BCUT2D eigenvalue weighted by Crippen LogP contribution is 2.24. The summed E-state index contributed by atoms with van der Waals surface area (Å²) in [5, 5.41) is 5.83. The van der Waals surface area contributed by atoms with Gasteiger partial charge < -0.3 is 0 Å². The monoisotopic (exact) mass is 276 g/mol. The number of para-hydroxylation sites is 1. The van der Waals surface area contributed by atoms with Crippen molar-refractivity contribution >= 4 is 23.4 Å². The Labute approximate surface area is 124 Å². The fourth-order valence-corrected chi connectivity index (χ4v) is 2.36. The summed E-state index contributed by atoms with van der Waals surface area (Å²) < 4.78 is 0. The minimum Gasteiger partial charge on any atom is -0.267 e. The Hall–Kier alpha value is -2.68. The van der Waals surface area contributed by atoms with Crippen molar-refractivity contribution in [2.75, 3.05) is 5.01 Å². The summed E-state index contributed by atoms with van der Waals surface area (Å²) in [5.41, 5.74) is 4.36. The van der Waals surface area contributed by atoms with Gasteiger partial charge >= 0.3 is 0 Å². The van der Waals surface area contributed by atoms with Crippen molar-refractivity contribution < 1.29 is 4.79 Å². The zero-order valence-electron chi connectivity index (χ0n) is 12.1. The van der Waals surface area contributed by atoms with Gasteiger partial charge in [-0.25, -0.2) is 0 Å². The second kappa shape index (κ2) is 5.37. The highest BCUT2D eigenvalue weighted by atomic mass is 16.2. The van der Waals surface area contributed by atoms with Crippen molar-refractivity contribution in [3.05, 3.63) is 71.3 Å². The smallest absolute Gasteiger partial charge is 0.267 e. The molecule has 21 heavy (non-hydrogen) atoms. The molecule has 104 valence electrons. The third-order valence-corrected chi connectivity index (χ3v) is 3.42. The van der Waals surface area contributed by atoms with Crippen LogP contribution >= 0.6 is 0 Å². The largest absolute Gasteiger partial charge is 0.280 e. The zero-order valence-corrected chi connectivity index (χ0v) is 12.1. The van der Waals surface area contributed by atoms with E-state index in [1.54, 1.807) is 0 Å². The van der Waals surface area contributed by atoms with Crippen molar-refractivity contribution in [3.63, 3.8) is 0 Å². The summed E-state index contributed by atoms with van der Waals surface area (Å²) in [4.78, 5) is 12.5. The Kier molecular flexibility index (Phi) is 3.40. The molecule has 2 aromatic rings. The number of hydrogen-bond donors (Lipinski definition) is 0.